The minimum absolute atomic E-state index is 0.149. The normalized spacial score (nSPS) is 15.4. The van der Waals surface area contributed by atoms with Crippen LogP contribution in [0.25, 0.3) is 0 Å². The summed E-state index contributed by atoms with van der Waals surface area (Å²) in [5, 5.41) is 8.72. The van der Waals surface area contributed by atoms with Crippen molar-refractivity contribution in [2.75, 3.05) is 39.4 Å². The third kappa shape index (κ3) is 11.3. The van der Waals surface area contributed by atoms with Crippen LogP contribution >= 0.6 is 11.3 Å². The summed E-state index contributed by atoms with van der Waals surface area (Å²) in [6.07, 6.45) is 3.68. The zero-order valence-corrected chi connectivity index (χ0v) is 22.1. The Morgan fingerprint density at radius 3 is 2.62 bits per heavy atom. The maximum Gasteiger partial charge on any atom is 0.407 e. The summed E-state index contributed by atoms with van der Waals surface area (Å²) >= 11 is 1.43. The molecule has 0 bridgehead atoms. The van der Waals surface area contributed by atoms with Gasteiger partial charge in [0, 0.05) is 45.3 Å². The van der Waals surface area contributed by atoms with Gasteiger partial charge in [-0.25, -0.2) is 4.79 Å². The average molecular weight is 532 g/mol. The Labute approximate surface area is 222 Å². The maximum atomic E-state index is 13.2. The standard InChI is InChI=1S/C26H37N5O5S/c1-20(32)29-24(9-11-31-12-14-35-15-13-31)25(33)30-22(16-21-6-3-2-4-7-21)8-5-10-28-26(34)36-18-23-17-27-19-37-23/h2-4,6-7,17,19,22,24H,5,8-16,18H2,1H3,(H,28,34)(H,29,32)(H,30,33)/t22-,24+/m1/s1. The van der Waals surface area contributed by atoms with E-state index >= 15 is 0 Å². The molecule has 1 aliphatic rings. The number of nitrogens with zero attached hydrogens (tertiary/aromatic N) is 2. The molecule has 1 aromatic heterocycles. The Morgan fingerprint density at radius 1 is 1.14 bits per heavy atom. The van der Waals surface area contributed by atoms with Gasteiger partial charge in [0.1, 0.15) is 12.6 Å². The Bertz CT molecular complexity index is 954. The molecule has 1 aliphatic heterocycles. The highest BCUT2D eigenvalue weighted by molar-refractivity contribution is 7.09. The van der Waals surface area contributed by atoms with E-state index in [1.165, 1.54) is 18.3 Å². The van der Waals surface area contributed by atoms with Gasteiger partial charge in [0.25, 0.3) is 0 Å². The van der Waals surface area contributed by atoms with Gasteiger partial charge >= 0.3 is 6.09 Å². The van der Waals surface area contributed by atoms with Crippen LogP contribution in [0.3, 0.4) is 0 Å². The summed E-state index contributed by atoms with van der Waals surface area (Å²) in [4.78, 5) is 44.1. The van der Waals surface area contributed by atoms with Crippen LogP contribution in [-0.2, 0) is 32.1 Å². The molecular weight excluding hydrogens is 494 g/mol. The number of carbonyl (C=O) groups excluding carboxylic acids is 3. The summed E-state index contributed by atoms with van der Waals surface area (Å²) in [7, 11) is 0. The summed E-state index contributed by atoms with van der Waals surface area (Å²) in [5.41, 5.74) is 2.80. The van der Waals surface area contributed by atoms with E-state index in [9.17, 15) is 14.4 Å². The van der Waals surface area contributed by atoms with Crippen LogP contribution in [0.1, 0.15) is 36.6 Å². The zero-order chi connectivity index (χ0) is 26.3. The second-order valence-corrected chi connectivity index (χ2v) is 9.97. The molecule has 0 radical (unpaired) electrons. The van der Waals surface area contributed by atoms with Crippen LogP contribution in [0.4, 0.5) is 4.79 Å². The van der Waals surface area contributed by atoms with Gasteiger partial charge < -0.3 is 25.4 Å². The number of benzene rings is 1. The number of ether oxygens (including phenoxy) is 2. The molecule has 1 fully saturated rings. The highest BCUT2D eigenvalue weighted by Crippen LogP contribution is 2.10. The smallest absolute Gasteiger partial charge is 0.407 e. The van der Waals surface area contributed by atoms with E-state index in [4.69, 9.17) is 9.47 Å². The lowest BCUT2D eigenvalue weighted by atomic mass is 10.0. The lowest BCUT2D eigenvalue weighted by Crippen LogP contribution is -2.51. The van der Waals surface area contributed by atoms with Crippen LogP contribution in [0.2, 0.25) is 0 Å². The number of aromatic nitrogens is 1. The molecule has 2 aromatic rings. The van der Waals surface area contributed by atoms with Crippen molar-refractivity contribution in [1.82, 2.24) is 25.8 Å². The van der Waals surface area contributed by atoms with Crippen molar-refractivity contribution in [1.29, 1.82) is 0 Å². The van der Waals surface area contributed by atoms with Crippen LogP contribution in [0, 0.1) is 0 Å². The van der Waals surface area contributed by atoms with Gasteiger partial charge in [-0.1, -0.05) is 30.3 Å². The number of hydrogen-bond donors (Lipinski definition) is 3. The van der Waals surface area contributed by atoms with Crippen LogP contribution in [0.5, 0.6) is 0 Å². The lowest BCUT2D eigenvalue weighted by Gasteiger charge is -2.29. The van der Waals surface area contributed by atoms with E-state index < -0.39 is 12.1 Å². The van der Waals surface area contributed by atoms with Crippen molar-refractivity contribution in [2.45, 2.75) is 51.3 Å². The van der Waals surface area contributed by atoms with E-state index in [2.05, 4.69) is 25.8 Å². The van der Waals surface area contributed by atoms with Gasteiger partial charge in [0.05, 0.1) is 23.6 Å². The molecule has 3 N–H and O–H groups in total. The molecule has 10 nitrogen and oxygen atoms in total. The molecule has 37 heavy (non-hydrogen) atoms. The van der Waals surface area contributed by atoms with Crippen molar-refractivity contribution in [3.8, 4) is 0 Å². The second-order valence-electron chi connectivity index (χ2n) is 9.00. The van der Waals surface area contributed by atoms with E-state index in [1.807, 2.05) is 30.3 Å². The summed E-state index contributed by atoms with van der Waals surface area (Å²) in [6.45, 7) is 5.77. The minimum Gasteiger partial charge on any atom is -0.444 e. The molecule has 0 saturated carbocycles. The SMILES string of the molecule is CC(=O)N[C@@H](CCN1CCOCC1)C(=O)N[C@H](CCCNC(=O)OCc1cncs1)Cc1ccccc1. The highest BCUT2D eigenvalue weighted by Gasteiger charge is 2.24. The van der Waals surface area contributed by atoms with Gasteiger partial charge in [0.2, 0.25) is 11.8 Å². The molecule has 3 amide bonds. The number of carbonyl (C=O) groups is 3. The van der Waals surface area contributed by atoms with Crippen molar-refractivity contribution in [2.24, 2.45) is 0 Å². The van der Waals surface area contributed by atoms with Crippen molar-refractivity contribution >= 4 is 29.2 Å². The van der Waals surface area contributed by atoms with Gasteiger partial charge in [-0.3, -0.25) is 19.5 Å². The van der Waals surface area contributed by atoms with Crippen molar-refractivity contribution < 1.29 is 23.9 Å². The van der Waals surface area contributed by atoms with E-state index in [0.717, 1.165) is 23.5 Å². The van der Waals surface area contributed by atoms with Crippen LogP contribution in [0.15, 0.2) is 42.0 Å². The first kappa shape index (κ1) is 28.5. The average Bonchev–Trinajstić information content (AvgIpc) is 3.42. The highest BCUT2D eigenvalue weighted by atomic mass is 32.1. The number of alkyl carbamates (subject to hydrolysis) is 1. The summed E-state index contributed by atoms with van der Waals surface area (Å²) < 4.78 is 10.6. The zero-order valence-electron chi connectivity index (χ0n) is 21.3. The molecule has 0 spiro atoms. The molecular formula is C26H37N5O5S. The number of amides is 3. The number of hydrogen-bond acceptors (Lipinski definition) is 8. The lowest BCUT2D eigenvalue weighted by molar-refractivity contribution is -0.128. The Kier molecular flexibility index (Phi) is 12.3. The number of morpholine rings is 1. The fourth-order valence-corrected chi connectivity index (χ4v) is 4.62. The summed E-state index contributed by atoms with van der Waals surface area (Å²) in [6, 6.07) is 9.19. The first-order valence-electron chi connectivity index (χ1n) is 12.7. The predicted octanol–water partition coefficient (Wildman–Crippen LogP) is 2.10. The Hall–Kier alpha value is -3.02. The third-order valence-corrected chi connectivity index (χ3v) is 6.78. The number of rotatable bonds is 14. The fourth-order valence-electron chi connectivity index (χ4n) is 4.12. The fraction of sp³-hybridized carbons (Fsp3) is 0.538. The van der Waals surface area contributed by atoms with Gasteiger partial charge in [-0.15, -0.1) is 11.3 Å². The number of nitrogens with one attached hydrogen (secondary N) is 3. The van der Waals surface area contributed by atoms with Gasteiger partial charge in [-0.05, 0) is 31.2 Å². The third-order valence-electron chi connectivity index (χ3n) is 6.03. The van der Waals surface area contributed by atoms with E-state index in [-0.39, 0.29) is 24.5 Å². The predicted molar refractivity (Wildman–Crippen MR) is 141 cm³/mol. The van der Waals surface area contributed by atoms with Gasteiger partial charge in [0.15, 0.2) is 0 Å². The van der Waals surface area contributed by atoms with E-state index in [1.54, 1.807) is 11.7 Å². The summed E-state index contributed by atoms with van der Waals surface area (Å²) in [5.74, 6) is -0.427. The Balaban J connectivity index is 1.50. The Morgan fingerprint density at radius 2 is 1.92 bits per heavy atom. The molecule has 0 aliphatic carbocycles. The monoisotopic (exact) mass is 531 g/mol. The van der Waals surface area contributed by atoms with Crippen molar-refractivity contribution in [3.05, 3.63) is 52.5 Å². The number of thiazole rings is 1. The van der Waals surface area contributed by atoms with Gasteiger partial charge in [-0.2, -0.15) is 0 Å². The quantitative estimate of drug-likeness (QED) is 0.319. The second kappa shape index (κ2) is 16.0. The molecule has 2 atom stereocenters. The molecule has 11 heteroatoms. The maximum absolute atomic E-state index is 13.2. The molecule has 202 valence electrons. The molecule has 1 aromatic carbocycles. The largest absolute Gasteiger partial charge is 0.444 e. The van der Waals surface area contributed by atoms with E-state index in [0.29, 0.717) is 52.0 Å². The van der Waals surface area contributed by atoms with Crippen molar-refractivity contribution in [3.63, 3.8) is 0 Å². The van der Waals surface area contributed by atoms with Crippen LogP contribution in [-0.4, -0.2) is 79.3 Å². The topological polar surface area (TPSA) is 122 Å². The molecule has 3 rings (SSSR count). The minimum atomic E-state index is -0.613. The molecule has 0 unspecified atom stereocenters. The van der Waals surface area contributed by atoms with Crippen LogP contribution < -0.4 is 16.0 Å². The first-order chi connectivity index (χ1) is 18.0. The molecule has 1 saturated heterocycles. The molecule has 2 heterocycles. The first-order valence-corrected chi connectivity index (χ1v) is 13.6.